The van der Waals surface area contributed by atoms with E-state index in [-0.39, 0.29) is 18.7 Å². The minimum absolute atomic E-state index is 0.0271. The number of nitrogens with two attached hydrogens (primary N) is 1. The molecule has 29 heavy (non-hydrogen) atoms. The number of alkyl halides is 3. The second kappa shape index (κ2) is 7.31. The Balaban J connectivity index is 2.17. The van der Waals surface area contributed by atoms with Crippen molar-refractivity contribution < 1.29 is 22.8 Å². The average molecular weight is 428 g/mol. The van der Waals surface area contributed by atoms with Gasteiger partial charge in [-0.25, -0.2) is 9.28 Å². The van der Waals surface area contributed by atoms with Gasteiger partial charge < -0.3 is 5.73 Å². The van der Waals surface area contributed by atoms with Crippen LogP contribution < -0.4 is 10.2 Å². The van der Waals surface area contributed by atoms with Gasteiger partial charge in [0, 0.05) is 36.6 Å². The van der Waals surface area contributed by atoms with Crippen molar-refractivity contribution in [3.63, 3.8) is 0 Å². The van der Waals surface area contributed by atoms with Gasteiger partial charge in [-0.05, 0) is 13.0 Å². The molecule has 0 radical (unpaired) electrons. The number of hydrogen-bond donors (Lipinski definition) is 1. The molecule has 2 atom stereocenters. The van der Waals surface area contributed by atoms with E-state index in [0.29, 0.717) is 11.4 Å². The van der Waals surface area contributed by atoms with Gasteiger partial charge in [-0.2, -0.15) is 13.2 Å². The summed E-state index contributed by atoms with van der Waals surface area (Å²) in [5.41, 5.74) is 5.73. The Hall–Kier alpha value is -2.65. The average Bonchev–Trinajstić information content (AvgIpc) is 2.89. The summed E-state index contributed by atoms with van der Waals surface area (Å²) < 4.78 is 39.4. The van der Waals surface area contributed by atoms with E-state index in [1.165, 1.54) is 30.3 Å². The van der Waals surface area contributed by atoms with E-state index in [1.807, 2.05) is 0 Å². The van der Waals surface area contributed by atoms with Gasteiger partial charge in [0.15, 0.2) is 6.04 Å². The van der Waals surface area contributed by atoms with E-state index in [2.05, 4.69) is 4.98 Å². The maximum absolute atomic E-state index is 13.3. The summed E-state index contributed by atoms with van der Waals surface area (Å²) in [6.45, 7) is 1.53. The molecule has 2 unspecified atom stereocenters. The van der Waals surface area contributed by atoms with Crippen LogP contribution in [0.15, 0.2) is 36.5 Å². The van der Waals surface area contributed by atoms with Gasteiger partial charge in [-0.1, -0.05) is 23.7 Å². The Morgan fingerprint density at radius 1 is 1.38 bits per heavy atom. The highest BCUT2D eigenvalue weighted by atomic mass is 35.5. The number of rotatable bonds is 4. The number of amides is 3. The lowest BCUT2D eigenvalue weighted by atomic mass is 10.1. The molecule has 154 valence electrons. The number of primary amides is 1. The van der Waals surface area contributed by atoms with Crippen molar-refractivity contribution in [2.24, 2.45) is 5.73 Å². The van der Waals surface area contributed by atoms with Crippen LogP contribution in [0.3, 0.4) is 0 Å². The first-order valence-corrected chi connectivity index (χ1v) is 9.07. The van der Waals surface area contributed by atoms with Crippen molar-refractivity contribution in [3.05, 3.63) is 58.4 Å². The van der Waals surface area contributed by atoms with Gasteiger partial charge in [-0.3, -0.25) is 14.7 Å². The van der Waals surface area contributed by atoms with Crippen molar-refractivity contribution in [3.8, 4) is 0 Å². The third-order valence-corrected chi connectivity index (χ3v) is 5.59. The first kappa shape index (κ1) is 21.1. The predicted molar refractivity (Wildman–Crippen MR) is 102 cm³/mol. The summed E-state index contributed by atoms with van der Waals surface area (Å²) in [5.74, 6) is -0.693. The number of pyridine rings is 1. The molecule has 1 aliphatic heterocycles. The maximum atomic E-state index is 13.3. The first-order chi connectivity index (χ1) is 13.5. The molecular formula is C19H19ClF3N4O2+. The van der Waals surface area contributed by atoms with Crippen LogP contribution in [0.25, 0.3) is 0 Å². The molecule has 2 heterocycles. The third-order valence-electron chi connectivity index (χ3n) is 5.15. The van der Waals surface area contributed by atoms with Crippen LogP contribution in [0.2, 0.25) is 5.02 Å². The van der Waals surface area contributed by atoms with Crippen LogP contribution in [-0.4, -0.2) is 41.5 Å². The Morgan fingerprint density at radius 3 is 2.62 bits per heavy atom. The van der Waals surface area contributed by atoms with E-state index in [1.54, 1.807) is 19.1 Å². The zero-order valence-electron chi connectivity index (χ0n) is 15.7. The lowest BCUT2D eigenvalue weighted by Crippen LogP contribution is -2.51. The molecule has 0 bridgehead atoms. The van der Waals surface area contributed by atoms with Crippen molar-refractivity contribution >= 4 is 29.2 Å². The van der Waals surface area contributed by atoms with Crippen LogP contribution in [0.5, 0.6) is 0 Å². The quantitative estimate of drug-likeness (QED) is 0.759. The fourth-order valence-electron chi connectivity index (χ4n) is 3.66. The molecule has 0 aliphatic carbocycles. The van der Waals surface area contributed by atoms with E-state index < -0.39 is 39.2 Å². The number of nitrogens with zero attached hydrogens (tertiary/aromatic N) is 3. The Kier molecular flexibility index (Phi) is 5.31. The summed E-state index contributed by atoms with van der Waals surface area (Å²) in [4.78, 5) is 30.5. The standard InChI is InChI=1S/C19H18ClF3N4O2/c1-11-8-13(6-7-25-11)27(10-15(17(24)28)26(2)18(27)29)9-12-4-3-5-14(16(12)20)19(21,22)23/h3-8,15H,9-10H2,1-2H3,(H-,24,28)/p+1. The molecule has 1 aromatic carbocycles. The van der Waals surface area contributed by atoms with Gasteiger partial charge in [0.05, 0.1) is 10.6 Å². The predicted octanol–water partition coefficient (Wildman–Crippen LogP) is 3.49. The van der Waals surface area contributed by atoms with Crippen LogP contribution in [0.1, 0.15) is 16.8 Å². The van der Waals surface area contributed by atoms with E-state index >= 15 is 0 Å². The van der Waals surface area contributed by atoms with E-state index in [0.717, 1.165) is 6.07 Å². The lowest BCUT2D eigenvalue weighted by Gasteiger charge is -2.31. The summed E-state index contributed by atoms with van der Waals surface area (Å²) >= 11 is 6.08. The van der Waals surface area contributed by atoms with Gasteiger partial charge in [-0.15, -0.1) is 0 Å². The highest BCUT2D eigenvalue weighted by Crippen LogP contribution is 2.40. The molecule has 0 saturated carbocycles. The Morgan fingerprint density at radius 2 is 2.07 bits per heavy atom. The highest BCUT2D eigenvalue weighted by Gasteiger charge is 2.55. The van der Waals surface area contributed by atoms with Crippen molar-refractivity contribution in [1.82, 2.24) is 14.4 Å². The number of aromatic nitrogens is 1. The number of aryl methyl sites for hydroxylation is 1. The van der Waals surface area contributed by atoms with Crippen LogP contribution in [-0.2, 0) is 17.5 Å². The van der Waals surface area contributed by atoms with Crippen molar-refractivity contribution in [1.29, 1.82) is 0 Å². The molecule has 0 spiro atoms. The molecule has 3 amide bonds. The van der Waals surface area contributed by atoms with E-state index in [4.69, 9.17) is 17.3 Å². The number of halogens is 4. The SMILES string of the molecule is Cc1cc([N+]2(Cc3cccc(C(F)(F)F)c3Cl)CC(C(N)=O)N(C)C2=O)ccn1. The molecule has 2 aromatic rings. The summed E-state index contributed by atoms with van der Waals surface area (Å²) in [6, 6.07) is 5.47. The fraction of sp³-hybridized carbons (Fsp3) is 0.316. The summed E-state index contributed by atoms with van der Waals surface area (Å²) in [7, 11) is 1.44. The monoisotopic (exact) mass is 427 g/mol. The number of benzene rings is 1. The normalized spacial score (nSPS) is 22.2. The zero-order chi connectivity index (χ0) is 21.6. The van der Waals surface area contributed by atoms with Crippen molar-refractivity contribution in [2.45, 2.75) is 25.7 Å². The number of quaternary nitrogens is 1. The lowest BCUT2D eigenvalue weighted by molar-refractivity contribution is -0.137. The molecule has 2 N–H and O–H groups in total. The summed E-state index contributed by atoms with van der Waals surface area (Å²) in [6.07, 6.45) is -3.13. The van der Waals surface area contributed by atoms with Gasteiger partial charge in [0.25, 0.3) is 0 Å². The minimum atomic E-state index is -4.63. The number of urea groups is 1. The minimum Gasteiger partial charge on any atom is -0.368 e. The Labute approximate surface area is 170 Å². The summed E-state index contributed by atoms with van der Waals surface area (Å²) in [5, 5.41) is -0.471. The number of carbonyl (C=O) groups excluding carboxylic acids is 2. The van der Waals surface area contributed by atoms with Gasteiger partial charge in [0.1, 0.15) is 18.8 Å². The van der Waals surface area contributed by atoms with Crippen LogP contribution >= 0.6 is 11.6 Å². The highest BCUT2D eigenvalue weighted by molar-refractivity contribution is 6.32. The van der Waals surface area contributed by atoms with Crippen LogP contribution in [0.4, 0.5) is 23.7 Å². The number of carbonyl (C=O) groups is 2. The van der Waals surface area contributed by atoms with Crippen molar-refractivity contribution in [2.75, 3.05) is 13.6 Å². The molecule has 6 nitrogen and oxygen atoms in total. The second-order valence-electron chi connectivity index (χ2n) is 7.05. The number of hydrogen-bond acceptors (Lipinski definition) is 3. The molecule has 10 heteroatoms. The van der Waals surface area contributed by atoms with E-state index in [9.17, 15) is 22.8 Å². The second-order valence-corrected chi connectivity index (χ2v) is 7.43. The van der Waals surface area contributed by atoms with Gasteiger partial charge in [0.2, 0.25) is 5.91 Å². The maximum Gasteiger partial charge on any atom is 0.425 e. The smallest absolute Gasteiger partial charge is 0.368 e. The molecule has 1 aliphatic rings. The molecule has 3 rings (SSSR count). The molecule has 1 fully saturated rings. The first-order valence-electron chi connectivity index (χ1n) is 8.69. The Bertz CT molecular complexity index is 982. The molecule has 1 aromatic heterocycles. The largest absolute Gasteiger partial charge is 0.425 e. The fourth-order valence-corrected chi connectivity index (χ4v) is 3.95. The van der Waals surface area contributed by atoms with Crippen LogP contribution in [0, 0.1) is 6.92 Å². The zero-order valence-corrected chi connectivity index (χ0v) is 16.5. The molecular weight excluding hydrogens is 409 g/mol. The number of likely N-dealkylation sites (N-methyl/N-ethyl adjacent to an activating group) is 1. The van der Waals surface area contributed by atoms with Gasteiger partial charge >= 0.3 is 12.2 Å². The third kappa shape index (κ3) is 3.67. The molecule has 1 saturated heterocycles. The topological polar surface area (TPSA) is 76.3 Å².